The number of ether oxygens (including phenoxy) is 2. The largest absolute Gasteiger partial charge is 0.447 e. The van der Waals surface area contributed by atoms with Gasteiger partial charge in [0.25, 0.3) is 0 Å². The summed E-state index contributed by atoms with van der Waals surface area (Å²) in [5, 5.41) is 5.65. The molecule has 8 nitrogen and oxygen atoms in total. The van der Waals surface area contributed by atoms with E-state index in [0.717, 1.165) is 11.3 Å². The lowest BCUT2D eigenvalue weighted by molar-refractivity contribution is -0.133. The van der Waals surface area contributed by atoms with Crippen molar-refractivity contribution in [1.82, 2.24) is 15.5 Å². The van der Waals surface area contributed by atoms with Crippen LogP contribution in [0.25, 0.3) is 0 Å². The molecule has 1 saturated heterocycles. The third-order valence-corrected chi connectivity index (χ3v) is 4.96. The number of rotatable bonds is 6. The van der Waals surface area contributed by atoms with Gasteiger partial charge in [-0.3, -0.25) is 4.79 Å². The molecule has 160 valence electrons. The van der Waals surface area contributed by atoms with Crippen LogP contribution in [0.3, 0.4) is 0 Å². The van der Waals surface area contributed by atoms with E-state index in [9.17, 15) is 14.4 Å². The van der Waals surface area contributed by atoms with Crippen molar-refractivity contribution in [1.29, 1.82) is 0 Å². The van der Waals surface area contributed by atoms with Crippen molar-refractivity contribution in [2.75, 3.05) is 24.8 Å². The predicted molar refractivity (Wildman–Crippen MR) is 112 cm³/mol. The number of hydrogen-bond donors (Lipinski definition) is 2. The van der Waals surface area contributed by atoms with Crippen LogP contribution in [-0.2, 0) is 20.8 Å². The van der Waals surface area contributed by atoms with Gasteiger partial charge in [-0.1, -0.05) is 23.7 Å². The molecule has 1 aliphatic heterocycles. The summed E-state index contributed by atoms with van der Waals surface area (Å²) in [6, 6.07) is 6.02. The Bertz CT molecular complexity index is 735. The molecule has 1 atom stereocenters. The third kappa shape index (κ3) is 8.41. The molecule has 0 bridgehead atoms. The average molecular weight is 444 g/mol. The van der Waals surface area contributed by atoms with E-state index in [1.807, 2.05) is 6.07 Å². The topological polar surface area (TPSA) is 97.0 Å². The first-order valence-electron chi connectivity index (χ1n) is 9.15. The highest BCUT2D eigenvalue weighted by atomic mass is 35.5. The van der Waals surface area contributed by atoms with Crippen LogP contribution >= 0.6 is 23.4 Å². The minimum absolute atomic E-state index is 0.222. The van der Waals surface area contributed by atoms with E-state index in [1.165, 1.54) is 0 Å². The molecular formula is C19H26ClN3O5S. The zero-order valence-electron chi connectivity index (χ0n) is 16.7. The van der Waals surface area contributed by atoms with Crippen LogP contribution in [0.1, 0.15) is 26.3 Å². The quantitative estimate of drug-likeness (QED) is 0.701. The Labute approximate surface area is 179 Å². The first-order valence-corrected chi connectivity index (χ1v) is 10.7. The summed E-state index contributed by atoms with van der Waals surface area (Å²) in [6.45, 7) is 5.67. The lowest BCUT2D eigenvalue weighted by Gasteiger charge is -2.25. The lowest BCUT2D eigenvalue weighted by Crippen LogP contribution is -2.51. The minimum atomic E-state index is -1.03. The number of benzene rings is 1. The zero-order valence-corrected chi connectivity index (χ0v) is 18.3. The highest BCUT2D eigenvalue weighted by molar-refractivity contribution is 7.99. The molecule has 0 aromatic heterocycles. The van der Waals surface area contributed by atoms with Gasteiger partial charge < -0.3 is 25.0 Å². The number of alkyl carbamates (subject to hydrolysis) is 2. The highest BCUT2D eigenvalue weighted by Crippen LogP contribution is 2.15. The molecular weight excluding hydrogens is 418 g/mol. The molecule has 1 heterocycles. The molecule has 29 heavy (non-hydrogen) atoms. The SMILES string of the molecule is CC(C)(C)OC(=O)N[C@@H](COC(=O)NCc1cccc(Cl)c1)C(=O)N1CCSC1. The van der Waals surface area contributed by atoms with E-state index in [4.69, 9.17) is 21.1 Å². The summed E-state index contributed by atoms with van der Waals surface area (Å²) in [6.07, 6.45) is -1.45. The fourth-order valence-electron chi connectivity index (χ4n) is 2.46. The summed E-state index contributed by atoms with van der Waals surface area (Å²) < 4.78 is 10.4. The molecule has 1 aromatic carbocycles. The Balaban J connectivity index is 1.90. The second-order valence-electron chi connectivity index (χ2n) is 7.42. The molecule has 0 saturated carbocycles. The fourth-order valence-corrected chi connectivity index (χ4v) is 3.63. The molecule has 10 heteroatoms. The van der Waals surface area contributed by atoms with Crippen LogP contribution in [0.4, 0.5) is 9.59 Å². The number of thioether (sulfide) groups is 1. The second-order valence-corrected chi connectivity index (χ2v) is 8.93. The van der Waals surface area contributed by atoms with E-state index >= 15 is 0 Å². The summed E-state index contributed by atoms with van der Waals surface area (Å²) in [5.41, 5.74) is 0.0964. The normalized spacial score (nSPS) is 14.8. The smallest absolute Gasteiger partial charge is 0.408 e. The van der Waals surface area contributed by atoms with Crippen molar-refractivity contribution in [3.8, 4) is 0 Å². The standard InChI is InChI=1S/C19H26ClN3O5S/c1-19(2,3)28-18(26)22-15(16(24)23-7-8-29-12-23)11-27-17(25)21-10-13-5-4-6-14(20)9-13/h4-6,9,15H,7-8,10-12H2,1-3H3,(H,21,25)(H,22,26)/t15-/m0/s1. The number of nitrogens with one attached hydrogen (secondary N) is 2. The predicted octanol–water partition coefficient (Wildman–Crippen LogP) is 2.99. The van der Waals surface area contributed by atoms with Crippen molar-refractivity contribution in [3.05, 3.63) is 34.9 Å². The van der Waals surface area contributed by atoms with E-state index < -0.39 is 23.8 Å². The zero-order chi connectivity index (χ0) is 21.4. The molecule has 1 aromatic rings. The first-order chi connectivity index (χ1) is 13.6. The minimum Gasteiger partial charge on any atom is -0.447 e. The molecule has 0 aliphatic carbocycles. The lowest BCUT2D eigenvalue weighted by atomic mass is 10.2. The molecule has 0 unspecified atom stereocenters. The number of hydrogen-bond acceptors (Lipinski definition) is 6. The maximum atomic E-state index is 12.7. The van der Waals surface area contributed by atoms with E-state index in [-0.39, 0.29) is 19.1 Å². The van der Waals surface area contributed by atoms with Crippen molar-refractivity contribution < 1.29 is 23.9 Å². The van der Waals surface area contributed by atoms with Gasteiger partial charge in [0.1, 0.15) is 18.2 Å². The Morgan fingerprint density at radius 1 is 1.28 bits per heavy atom. The van der Waals surface area contributed by atoms with Gasteiger partial charge in [0, 0.05) is 23.9 Å². The Morgan fingerprint density at radius 2 is 2.03 bits per heavy atom. The first kappa shape index (κ1) is 23.2. The number of carbonyl (C=O) groups is 3. The third-order valence-electron chi connectivity index (χ3n) is 3.76. The van der Waals surface area contributed by atoms with Crippen molar-refractivity contribution in [2.45, 2.75) is 39.0 Å². The molecule has 1 fully saturated rings. The van der Waals surface area contributed by atoms with E-state index in [2.05, 4.69) is 10.6 Å². The monoisotopic (exact) mass is 443 g/mol. The summed E-state index contributed by atoms with van der Waals surface area (Å²) in [4.78, 5) is 38.4. The van der Waals surface area contributed by atoms with Crippen LogP contribution in [0.2, 0.25) is 5.02 Å². The van der Waals surface area contributed by atoms with Gasteiger partial charge in [0.15, 0.2) is 0 Å². The Morgan fingerprint density at radius 3 is 2.66 bits per heavy atom. The second kappa shape index (κ2) is 10.6. The molecule has 0 radical (unpaired) electrons. The number of halogens is 1. The van der Waals surface area contributed by atoms with Gasteiger partial charge in [-0.2, -0.15) is 0 Å². The fraction of sp³-hybridized carbons (Fsp3) is 0.526. The average Bonchev–Trinajstić information content (AvgIpc) is 3.16. The van der Waals surface area contributed by atoms with Crippen molar-refractivity contribution >= 4 is 41.5 Å². The van der Waals surface area contributed by atoms with Crippen LogP contribution in [-0.4, -0.2) is 59.4 Å². The highest BCUT2D eigenvalue weighted by Gasteiger charge is 2.30. The number of amides is 3. The maximum absolute atomic E-state index is 12.7. The van der Waals surface area contributed by atoms with Gasteiger partial charge in [0.05, 0.1) is 5.88 Å². The van der Waals surface area contributed by atoms with Gasteiger partial charge in [-0.25, -0.2) is 9.59 Å². The van der Waals surface area contributed by atoms with Crippen LogP contribution in [0, 0.1) is 0 Å². The molecule has 2 N–H and O–H groups in total. The van der Waals surface area contributed by atoms with Crippen molar-refractivity contribution in [2.24, 2.45) is 0 Å². The van der Waals surface area contributed by atoms with Crippen LogP contribution < -0.4 is 10.6 Å². The Kier molecular flexibility index (Phi) is 8.45. The maximum Gasteiger partial charge on any atom is 0.408 e. The van der Waals surface area contributed by atoms with Crippen LogP contribution in [0.5, 0.6) is 0 Å². The summed E-state index contributed by atoms with van der Waals surface area (Å²) >= 11 is 7.53. The van der Waals surface area contributed by atoms with Gasteiger partial charge in [-0.15, -0.1) is 11.8 Å². The van der Waals surface area contributed by atoms with Gasteiger partial charge >= 0.3 is 12.2 Å². The number of carbonyl (C=O) groups excluding carboxylic acids is 3. The Hall–Kier alpha value is -2.13. The summed E-state index contributed by atoms with van der Waals surface area (Å²) in [5.74, 6) is 1.04. The van der Waals surface area contributed by atoms with E-state index in [1.54, 1.807) is 55.6 Å². The molecule has 1 aliphatic rings. The van der Waals surface area contributed by atoms with Crippen molar-refractivity contribution in [3.63, 3.8) is 0 Å². The number of nitrogens with zero attached hydrogens (tertiary/aromatic N) is 1. The van der Waals surface area contributed by atoms with Crippen LogP contribution in [0.15, 0.2) is 24.3 Å². The van der Waals surface area contributed by atoms with Gasteiger partial charge in [-0.05, 0) is 38.5 Å². The van der Waals surface area contributed by atoms with E-state index in [0.29, 0.717) is 17.4 Å². The molecule has 0 spiro atoms. The summed E-state index contributed by atoms with van der Waals surface area (Å²) in [7, 11) is 0. The van der Waals surface area contributed by atoms with Gasteiger partial charge in [0.2, 0.25) is 5.91 Å². The molecule has 3 amide bonds. The molecule has 2 rings (SSSR count).